The van der Waals surface area contributed by atoms with Crippen molar-refractivity contribution in [3.8, 4) is 0 Å². The summed E-state index contributed by atoms with van der Waals surface area (Å²) >= 11 is 0. The molecule has 0 radical (unpaired) electrons. The first-order valence-electron chi connectivity index (χ1n) is 7.92. The molecule has 2 aromatic carbocycles. The Morgan fingerprint density at radius 2 is 1.90 bits per heavy atom. The third kappa shape index (κ3) is 3.05. The van der Waals surface area contributed by atoms with Gasteiger partial charge in [-0.2, -0.15) is 0 Å². The Bertz CT molecular complexity index is 601. The zero-order valence-electron chi connectivity index (χ0n) is 13.0. The summed E-state index contributed by atoms with van der Waals surface area (Å²) in [7, 11) is 2.18. The summed E-state index contributed by atoms with van der Waals surface area (Å²) in [6.45, 7) is 4.27. The summed E-state index contributed by atoms with van der Waals surface area (Å²) in [5, 5.41) is 3.51. The first kappa shape index (κ1) is 14.0. The van der Waals surface area contributed by atoms with Gasteiger partial charge in [0.2, 0.25) is 0 Å². The van der Waals surface area contributed by atoms with Gasteiger partial charge in [-0.15, -0.1) is 0 Å². The number of anilines is 2. The second-order valence-corrected chi connectivity index (χ2v) is 5.85. The van der Waals surface area contributed by atoms with Crippen molar-refractivity contribution in [2.45, 2.75) is 32.7 Å². The van der Waals surface area contributed by atoms with Gasteiger partial charge in [0.15, 0.2) is 0 Å². The molecule has 0 saturated carbocycles. The molecule has 1 aliphatic rings. The van der Waals surface area contributed by atoms with E-state index >= 15 is 0 Å². The second-order valence-electron chi connectivity index (χ2n) is 5.85. The van der Waals surface area contributed by atoms with Crippen molar-refractivity contribution in [1.29, 1.82) is 0 Å². The van der Waals surface area contributed by atoms with Crippen LogP contribution in [0.15, 0.2) is 42.5 Å². The number of benzene rings is 2. The van der Waals surface area contributed by atoms with Crippen LogP contribution in [0.1, 0.15) is 30.0 Å². The molecule has 2 heteroatoms. The molecule has 0 aliphatic carbocycles. The van der Waals surface area contributed by atoms with E-state index in [1.807, 2.05) is 0 Å². The molecule has 110 valence electrons. The van der Waals surface area contributed by atoms with Gasteiger partial charge < -0.3 is 10.2 Å². The van der Waals surface area contributed by atoms with Crippen molar-refractivity contribution in [1.82, 2.24) is 0 Å². The Balaban J connectivity index is 1.79. The topological polar surface area (TPSA) is 15.3 Å². The predicted octanol–water partition coefficient (Wildman–Crippen LogP) is 4.24. The molecule has 1 heterocycles. The van der Waals surface area contributed by atoms with E-state index in [1.54, 1.807) is 0 Å². The number of fused-ring (bicyclic) bond motifs is 1. The van der Waals surface area contributed by atoms with E-state index < -0.39 is 0 Å². The van der Waals surface area contributed by atoms with E-state index in [0.29, 0.717) is 0 Å². The molecule has 0 atom stereocenters. The van der Waals surface area contributed by atoms with E-state index in [0.717, 1.165) is 19.5 Å². The van der Waals surface area contributed by atoms with E-state index in [4.69, 9.17) is 0 Å². The Kier molecular flexibility index (Phi) is 4.14. The molecule has 0 saturated heterocycles. The smallest absolute Gasteiger partial charge is 0.0429 e. The summed E-state index contributed by atoms with van der Waals surface area (Å²) in [6.07, 6.45) is 3.53. The van der Waals surface area contributed by atoms with Crippen molar-refractivity contribution >= 4 is 11.4 Å². The maximum absolute atomic E-state index is 3.51. The summed E-state index contributed by atoms with van der Waals surface area (Å²) in [5.74, 6) is 0. The summed E-state index contributed by atoms with van der Waals surface area (Å²) in [6, 6.07) is 15.6. The number of hydrogen-bond donors (Lipinski definition) is 1. The van der Waals surface area contributed by atoms with E-state index in [1.165, 1.54) is 40.9 Å². The zero-order chi connectivity index (χ0) is 14.7. The molecule has 0 amide bonds. The van der Waals surface area contributed by atoms with Crippen LogP contribution in [-0.2, 0) is 19.4 Å². The highest BCUT2D eigenvalue weighted by atomic mass is 15.1. The van der Waals surface area contributed by atoms with Crippen LogP contribution >= 0.6 is 0 Å². The number of rotatable bonds is 4. The molecule has 21 heavy (non-hydrogen) atoms. The van der Waals surface area contributed by atoms with E-state index in [9.17, 15) is 0 Å². The summed E-state index contributed by atoms with van der Waals surface area (Å²) in [4.78, 5) is 2.34. The van der Waals surface area contributed by atoms with Gasteiger partial charge in [-0.3, -0.25) is 0 Å². The van der Waals surface area contributed by atoms with Crippen molar-refractivity contribution < 1.29 is 0 Å². The second kappa shape index (κ2) is 6.21. The number of aryl methyl sites for hydroxylation is 1. The number of hydrogen-bond acceptors (Lipinski definition) is 2. The minimum atomic E-state index is 0.969. The third-order valence-electron chi connectivity index (χ3n) is 4.38. The lowest BCUT2D eigenvalue weighted by Gasteiger charge is -2.25. The Hall–Kier alpha value is -1.96. The normalized spacial score (nSPS) is 13.4. The standard InChI is InChI=1S/C19H24N2/c1-3-15-9-11-17(12-10-15)21(2)14-16-6-4-8-19-18(16)7-5-13-20-19/h4,6,8-12,20H,3,5,7,13-14H2,1-2H3. The lowest BCUT2D eigenvalue weighted by Crippen LogP contribution is -2.20. The van der Waals surface area contributed by atoms with Crippen LogP contribution in [0.25, 0.3) is 0 Å². The Morgan fingerprint density at radius 1 is 1.10 bits per heavy atom. The van der Waals surface area contributed by atoms with Crippen LogP contribution in [0.4, 0.5) is 11.4 Å². The first-order chi connectivity index (χ1) is 10.3. The van der Waals surface area contributed by atoms with Crippen molar-refractivity contribution in [3.63, 3.8) is 0 Å². The van der Waals surface area contributed by atoms with Crippen LogP contribution in [0.5, 0.6) is 0 Å². The SMILES string of the molecule is CCc1ccc(N(C)Cc2cccc3c2CCCN3)cc1. The van der Waals surface area contributed by atoms with Crippen LogP contribution in [0.3, 0.4) is 0 Å². The molecule has 3 rings (SSSR count). The van der Waals surface area contributed by atoms with Crippen molar-refractivity contribution in [2.75, 3.05) is 23.8 Å². The fourth-order valence-corrected chi connectivity index (χ4v) is 3.06. The first-order valence-corrected chi connectivity index (χ1v) is 7.92. The van der Waals surface area contributed by atoms with Gasteiger partial charge in [-0.1, -0.05) is 31.2 Å². The average Bonchev–Trinajstić information content (AvgIpc) is 2.55. The van der Waals surface area contributed by atoms with Crippen molar-refractivity contribution in [3.05, 3.63) is 59.2 Å². The minimum Gasteiger partial charge on any atom is -0.385 e. The van der Waals surface area contributed by atoms with Gasteiger partial charge in [0.1, 0.15) is 0 Å². The molecule has 0 aromatic heterocycles. The van der Waals surface area contributed by atoms with Crippen LogP contribution in [0.2, 0.25) is 0 Å². The molecule has 0 bridgehead atoms. The van der Waals surface area contributed by atoms with Gasteiger partial charge in [0, 0.05) is 31.5 Å². The fourth-order valence-electron chi connectivity index (χ4n) is 3.06. The minimum absolute atomic E-state index is 0.969. The van der Waals surface area contributed by atoms with Crippen LogP contribution < -0.4 is 10.2 Å². The average molecular weight is 280 g/mol. The molecule has 2 aromatic rings. The number of nitrogens with one attached hydrogen (secondary N) is 1. The quantitative estimate of drug-likeness (QED) is 0.901. The molecule has 0 spiro atoms. The maximum atomic E-state index is 3.51. The highest BCUT2D eigenvalue weighted by Gasteiger charge is 2.13. The third-order valence-corrected chi connectivity index (χ3v) is 4.38. The Morgan fingerprint density at radius 3 is 2.67 bits per heavy atom. The summed E-state index contributed by atoms with van der Waals surface area (Å²) in [5.41, 5.74) is 6.96. The molecular formula is C19H24N2. The highest BCUT2D eigenvalue weighted by Crippen LogP contribution is 2.27. The monoisotopic (exact) mass is 280 g/mol. The van der Waals surface area contributed by atoms with Gasteiger partial charge >= 0.3 is 0 Å². The van der Waals surface area contributed by atoms with Gasteiger partial charge in [-0.05, 0) is 54.2 Å². The maximum Gasteiger partial charge on any atom is 0.0429 e. The molecule has 1 N–H and O–H groups in total. The lowest BCUT2D eigenvalue weighted by atomic mass is 9.97. The van der Waals surface area contributed by atoms with E-state index in [-0.39, 0.29) is 0 Å². The highest BCUT2D eigenvalue weighted by molar-refractivity contribution is 5.57. The van der Waals surface area contributed by atoms with Crippen LogP contribution in [0, 0.1) is 0 Å². The van der Waals surface area contributed by atoms with Gasteiger partial charge in [0.05, 0.1) is 0 Å². The largest absolute Gasteiger partial charge is 0.385 e. The Labute approximate surface area is 127 Å². The van der Waals surface area contributed by atoms with Gasteiger partial charge in [0.25, 0.3) is 0 Å². The summed E-state index contributed by atoms with van der Waals surface area (Å²) < 4.78 is 0. The molecule has 0 unspecified atom stereocenters. The predicted molar refractivity (Wildman–Crippen MR) is 91.2 cm³/mol. The molecule has 2 nitrogen and oxygen atoms in total. The van der Waals surface area contributed by atoms with Crippen LogP contribution in [-0.4, -0.2) is 13.6 Å². The number of nitrogens with zero attached hydrogens (tertiary/aromatic N) is 1. The fraction of sp³-hybridized carbons (Fsp3) is 0.368. The molecule has 1 aliphatic heterocycles. The lowest BCUT2D eigenvalue weighted by molar-refractivity contribution is 0.804. The molecular weight excluding hydrogens is 256 g/mol. The van der Waals surface area contributed by atoms with E-state index in [2.05, 4.69) is 66.7 Å². The molecule has 0 fully saturated rings. The zero-order valence-corrected chi connectivity index (χ0v) is 13.0. The van der Waals surface area contributed by atoms with Gasteiger partial charge in [-0.25, -0.2) is 0 Å². The van der Waals surface area contributed by atoms with Crippen molar-refractivity contribution in [2.24, 2.45) is 0 Å².